The predicted molar refractivity (Wildman–Crippen MR) is 89.2 cm³/mol. The standard InChI is InChI=1S/C18H13F5N4O/c19-9-17(5-15(18(21,22)23)27-16(25)28-17)13-4-11(1-2-14(13)20)12-3-10(6-24)7-26-8-12/h1-4,7-8,15H,5,9H2,(H2,25,27)/t15-,17+/m0/s1. The van der Waals surface area contributed by atoms with Crippen molar-refractivity contribution >= 4 is 6.02 Å². The summed E-state index contributed by atoms with van der Waals surface area (Å²) in [5, 5.41) is 8.97. The molecular weight excluding hydrogens is 383 g/mol. The van der Waals surface area contributed by atoms with Gasteiger partial charge in [0, 0.05) is 29.9 Å². The highest BCUT2D eigenvalue weighted by atomic mass is 19.4. The molecule has 0 unspecified atom stereocenters. The largest absolute Gasteiger partial charge is 0.451 e. The summed E-state index contributed by atoms with van der Waals surface area (Å²) in [6, 6.07) is 3.64. The van der Waals surface area contributed by atoms with Crippen LogP contribution in [0.5, 0.6) is 0 Å². The van der Waals surface area contributed by atoms with Crippen LogP contribution in [0.2, 0.25) is 0 Å². The van der Waals surface area contributed by atoms with Crippen molar-refractivity contribution in [3.8, 4) is 17.2 Å². The van der Waals surface area contributed by atoms with Gasteiger partial charge in [-0.3, -0.25) is 4.98 Å². The molecule has 0 spiro atoms. The third kappa shape index (κ3) is 3.60. The first-order valence-electron chi connectivity index (χ1n) is 7.99. The van der Waals surface area contributed by atoms with E-state index in [-0.39, 0.29) is 5.56 Å². The number of halogens is 5. The molecule has 2 N–H and O–H groups in total. The second-order valence-corrected chi connectivity index (χ2v) is 6.23. The number of hydrogen-bond acceptors (Lipinski definition) is 5. The molecule has 1 aliphatic rings. The molecule has 10 heteroatoms. The lowest BCUT2D eigenvalue weighted by Gasteiger charge is -2.38. The molecule has 146 valence electrons. The SMILES string of the molecule is N#Cc1cncc(-c2ccc(F)c([C@]3(CF)C[C@@H](C(F)(F)F)N=C(N)O3)c2)c1. The summed E-state index contributed by atoms with van der Waals surface area (Å²) in [7, 11) is 0. The molecule has 0 saturated heterocycles. The Hall–Kier alpha value is -3.22. The molecule has 28 heavy (non-hydrogen) atoms. The second kappa shape index (κ2) is 7.07. The van der Waals surface area contributed by atoms with E-state index in [1.54, 1.807) is 0 Å². The van der Waals surface area contributed by atoms with Crippen LogP contribution in [0.3, 0.4) is 0 Å². The molecule has 1 aliphatic heterocycles. The van der Waals surface area contributed by atoms with E-state index >= 15 is 0 Å². The molecule has 0 fully saturated rings. The van der Waals surface area contributed by atoms with E-state index in [1.807, 2.05) is 6.07 Å². The second-order valence-electron chi connectivity index (χ2n) is 6.23. The zero-order valence-electron chi connectivity index (χ0n) is 14.2. The van der Waals surface area contributed by atoms with Crippen LogP contribution >= 0.6 is 0 Å². The minimum absolute atomic E-state index is 0.228. The van der Waals surface area contributed by atoms with Crippen LogP contribution in [0, 0.1) is 17.1 Å². The molecule has 1 aromatic carbocycles. The van der Waals surface area contributed by atoms with Gasteiger partial charge in [0.15, 0.2) is 11.6 Å². The van der Waals surface area contributed by atoms with E-state index in [2.05, 4.69) is 9.98 Å². The number of amidine groups is 1. The quantitative estimate of drug-likeness (QED) is 0.804. The Morgan fingerprint density at radius 1 is 1.25 bits per heavy atom. The number of aliphatic imine (C=N–C) groups is 1. The van der Waals surface area contributed by atoms with Gasteiger partial charge < -0.3 is 10.5 Å². The van der Waals surface area contributed by atoms with Gasteiger partial charge in [-0.25, -0.2) is 13.8 Å². The fourth-order valence-corrected chi connectivity index (χ4v) is 3.00. The Kier molecular flexibility index (Phi) is 4.93. The van der Waals surface area contributed by atoms with Crippen molar-refractivity contribution in [1.29, 1.82) is 5.26 Å². The Balaban J connectivity index is 2.11. The zero-order valence-corrected chi connectivity index (χ0v) is 14.2. The minimum atomic E-state index is -4.80. The van der Waals surface area contributed by atoms with Crippen molar-refractivity contribution in [1.82, 2.24) is 4.98 Å². The zero-order chi connectivity index (χ0) is 20.5. The predicted octanol–water partition coefficient (Wildman–Crippen LogP) is 3.59. The molecule has 2 heterocycles. The summed E-state index contributed by atoms with van der Waals surface area (Å²) in [4.78, 5) is 7.05. The molecule has 0 saturated carbocycles. The highest BCUT2D eigenvalue weighted by Crippen LogP contribution is 2.42. The van der Waals surface area contributed by atoms with E-state index in [9.17, 15) is 22.0 Å². The van der Waals surface area contributed by atoms with Crippen molar-refractivity contribution in [2.24, 2.45) is 10.7 Å². The highest BCUT2D eigenvalue weighted by Gasteiger charge is 2.52. The molecule has 0 radical (unpaired) electrons. The summed E-state index contributed by atoms with van der Waals surface area (Å²) >= 11 is 0. The van der Waals surface area contributed by atoms with Crippen molar-refractivity contribution in [3.05, 3.63) is 53.6 Å². The third-order valence-corrected chi connectivity index (χ3v) is 4.36. The maximum absolute atomic E-state index is 14.5. The van der Waals surface area contributed by atoms with Gasteiger partial charge in [0.25, 0.3) is 6.02 Å². The van der Waals surface area contributed by atoms with E-state index in [1.165, 1.54) is 30.6 Å². The van der Waals surface area contributed by atoms with E-state index in [4.69, 9.17) is 15.7 Å². The highest BCUT2D eigenvalue weighted by molar-refractivity contribution is 5.73. The summed E-state index contributed by atoms with van der Waals surface area (Å²) in [6.45, 7) is -1.45. The number of alkyl halides is 4. The Labute approximate surface area is 156 Å². The number of rotatable bonds is 3. The Morgan fingerprint density at radius 3 is 2.64 bits per heavy atom. The van der Waals surface area contributed by atoms with Gasteiger partial charge in [-0.15, -0.1) is 0 Å². The number of nitrogens with zero attached hydrogens (tertiary/aromatic N) is 3. The lowest BCUT2D eigenvalue weighted by molar-refractivity contribution is -0.167. The van der Waals surface area contributed by atoms with Crippen molar-refractivity contribution in [2.75, 3.05) is 6.67 Å². The fraction of sp³-hybridized carbons (Fsp3) is 0.278. The van der Waals surface area contributed by atoms with Crippen molar-refractivity contribution in [3.63, 3.8) is 0 Å². The Bertz CT molecular complexity index is 969. The molecule has 0 aliphatic carbocycles. The van der Waals surface area contributed by atoms with Crippen LogP contribution in [-0.4, -0.2) is 29.9 Å². The van der Waals surface area contributed by atoms with Gasteiger partial charge in [-0.2, -0.15) is 18.4 Å². The third-order valence-electron chi connectivity index (χ3n) is 4.36. The van der Waals surface area contributed by atoms with Gasteiger partial charge >= 0.3 is 6.18 Å². The molecule has 3 rings (SSSR count). The maximum atomic E-state index is 14.5. The topological polar surface area (TPSA) is 84.3 Å². The first-order chi connectivity index (χ1) is 13.2. The lowest BCUT2D eigenvalue weighted by atomic mass is 9.85. The number of nitriles is 1. The number of nitrogens with two attached hydrogens (primary N) is 1. The number of benzene rings is 1. The van der Waals surface area contributed by atoms with E-state index < -0.39 is 48.3 Å². The first kappa shape index (κ1) is 19.5. The van der Waals surface area contributed by atoms with Crippen LogP contribution in [0.15, 0.2) is 41.7 Å². The van der Waals surface area contributed by atoms with Gasteiger partial charge in [0.2, 0.25) is 0 Å². The van der Waals surface area contributed by atoms with E-state index in [0.717, 1.165) is 6.07 Å². The van der Waals surface area contributed by atoms with Gasteiger partial charge in [0.1, 0.15) is 18.6 Å². The normalized spacial score (nSPS) is 22.1. The first-order valence-corrected chi connectivity index (χ1v) is 7.99. The smallest absolute Gasteiger partial charge is 0.411 e. The molecule has 0 amide bonds. The summed E-state index contributed by atoms with van der Waals surface area (Å²) in [5.41, 5.74) is 3.58. The number of pyridine rings is 1. The molecule has 1 aromatic heterocycles. The van der Waals surface area contributed by atoms with Crippen LogP contribution < -0.4 is 5.73 Å². The monoisotopic (exact) mass is 396 g/mol. The van der Waals surface area contributed by atoms with Gasteiger partial charge in [-0.05, 0) is 23.8 Å². The number of aromatic nitrogens is 1. The summed E-state index contributed by atoms with van der Waals surface area (Å²) in [6.07, 6.45) is -3.07. The molecular formula is C18H13F5N4O. The van der Waals surface area contributed by atoms with E-state index in [0.29, 0.717) is 11.1 Å². The number of ether oxygens (including phenoxy) is 1. The Morgan fingerprint density at radius 2 is 2.00 bits per heavy atom. The molecule has 2 aromatic rings. The van der Waals surface area contributed by atoms with Crippen molar-refractivity contribution in [2.45, 2.75) is 24.2 Å². The number of hydrogen-bond donors (Lipinski definition) is 1. The lowest BCUT2D eigenvalue weighted by Crippen LogP contribution is -2.48. The van der Waals surface area contributed by atoms with Crippen LogP contribution in [0.1, 0.15) is 17.5 Å². The summed E-state index contributed by atoms with van der Waals surface area (Å²) < 4.78 is 73.1. The fourth-order valence-electron chi connectivity index (χ4n) is 3.00. The van der Waals surface area contributed by atoms with Crippen LogP contribution in [-0.2, 0) is 10.3 Å². The average Bonchev–Trinajstić information content (AvgIpc) is 2.67. The maximum Gasteiger partial charge on any atom is 0.411 e. The van der Waals surface area contributed by atoms with Crippen LogP contribution in [0.25, 0.3) is 11.1 Å². The molecule has 2 atom stereocenters. The van der Waals surface area contributed by atoms with Crippen molar-refractivity contribution < 1.29 is 26.7 Å². The minimum Gasteiger partial charge on any atom is -0.451 e. The molecule has 5 nitrogen and oxygen atoms in total. The van der Waals surface area contributed by atoms with Gasteiger partial charge in [-0.1, -0.05) is 6.07 Å². The average molecular weight is 396 g/mol. The summed E-state index contributed by atoms with van der Waals surface area (Å²) in [5.74, 6) is -0.957. The van der Waals surface area contributed by atoms with Crippen LogP contribution in [0.4, 0.5) is 22.0 Å². The van der Waals surface area contributed by atoms with Gasteiger partial charge in [0.05, 0.1) is 5.56 Å². The molecule has 0 bridgehead atoms.